The van der Waals surface area contributed by atoms with Gasteiger partial charge in [-0.25, -0.2) is 0 Å². The van der Waals surface area contributed by atoms with E-state index in [1.165, 1.54) is 24.8 Å². The number of fused-ring (bicyclic) bond motifs is 4. The van der Waals surface area contributed by atoms with Crippen LogP contribution in [0.15, 0.2) is 34.1 Å². The first-order chi connectivity index (χ1) is 11.5. The van der Waals surface area contributed by atoms with Crippen molar-refractivity contribution in [1.29, 1.82) is 0 Å². The molecule has 24 heavy (non-hydrogen) atoms. The van der Waals surface area contributed by atoms with Crippen molar-refractivity contribution in [2.75, 3.05) is 7.11 Å². The van der Waals surface area contributed by atoms with Crippen molar-refractivity contribution < 1.29 is 9.84 Å². The van der Waals surface area contributed by atoms with Gasteiger partial charge in [0.1, 0.15) is 0 Å². The van der Waals surface area contributed by atoms with Gasteiger partial charge in [0.05, 0.1) is 19.0 Å². The summed E-state index contributed by atoms with van der Waals surface area (Å²) < 4.78 is 5.55. The van der Waals surface area contributed by atoms with Crippen LogP contribution in [0.25, 0.3) is 0 Å². The normalized spacial score (nSPS) is 41.6. The van der Waals surface area contributed by atoms with Crippen molar-refractivity contribution in [1.82, 2.24) is 0 Å². The Morgan fingerprint density at radius 3 is 2.83 bits per heavy atom. The van der Waals surface area contributed by atoms with Gasteiger partial charge in [-0.2, -0.15) is 0 Å². The number of rotatable bonds is 2. The molecule has 2 heteroatoms. The first-order valence-electron chi connectivity index (χ1n) is 9.81. The molecular weight excluding hydrogens is 296 g/mol. The maximum Gasteiger partial charge on any atom is 0.0959 e. The number of hydrogen-bond acceptors (Lipinski definition) is 2. The van der Waals surface area contributed by atoms with E-state index >= 15 is 0 Å². The van der Waals surface area contributed by atoms with Gasteiger partial charge in [0.15, 0.2) is 0 Å². The van der Waals surface area contributed by atoms with Crippen LogP contribution in [0.2, 0.25) is 0 Å². The predicted octanol–water partition coefficient (Wildman–Crippen LogP) is 5.15. The van der Waals surface area contributed by atoms with E-state index in [0.29, 0.717) is 11.8 Å². The van der Waals surface area contributed by atoms with Crippen LogP contribution in [0.5, 0.6) is 0 Å². The number of aliphatic hydroxyl groups excluding tert-OH is 1. The fourth-order valence-corrected chi connectivity index (χ4v) is 6.43. The van der Waals surface area contributed by atoms with Gasteiger partial charge in [-0.3, -0.25) is 0 Å². The molecule has 5 atom stereocenters. The van der Waals surface area contributed by atoms with Gasteiger partial charge >= 0.3 is 0 Å². The highest BCUT2D eigenvalue weighted by molar-refractivity contribution is 5.41. The molecule has 0 spiro atoms. The van der Waals surface area contributed by atoms with E-state index in [9.17, 15) is 5.11 Å². The van der Waals surface area contributed by atoms with Crippen LogP contribution in [-0.4, -0.2) is 18.3 Å². The maximum atomic E-state index is 10.7. The van der Waals surface area contributed by atoms with E-state index in [1.807, 2.05) is 0 Å². The van der Waals surface area contributed by atoms with E-state index in [-0.39, 0.29) is 11.5 Å². The molecule has 4 rings (SSSR count). The second kappa shape index (κ2) is 5.76. The SMILES string of the molecule is CC[C@@H]1CC2=C(CC=C(OC)C2)[C@H]2CC[C@@]3(C)C(=C(C)C[C@@H]3O)[C@H]12. The molecule has 0 heterocycles. The second-order valence-corrected chi connectivity index (χ2v) is 8.76. The first kappa shape index (κ1) is 16.4. The number of hydrogen-bond donors (Lipinski definition) is 1. The summed E-state index contributed by atoms with van der Waals surface area (Å²) in [6.45, 7) is 6.98. The van der Waals surface area contributed by atoms with E-state index in [0.717, 1.165) is 37.4 Å². The largest absolute Gasteiger partial charge is 0.501 e. The molecule has 1 saturated carbocycles. The highest BCUT2D eigenvalue weighted by Gasteiger charge is 2.54. The molecule has 0 aromatic rings. The van der Waals surface area contributed by atoms with Gasteiger partial charge < -0.3 is 9.84 Å². The lowest BCUT2D eigenvalue weighted by molar-refractivity contribution is 0.0322. The van der Waals surface area contributed by atoms with E-state index < -0.39 is 0 Å². The lowest BCUT2D eigenvalue weighted by Gasteiger charge is -2.52. The molecule has 0 aliphatic heterocycles. The molecule has 0 radical (unpaired) electrons. The Kier molecular flexibility index (Phi) is 3.95. The maximum absolute atomic E-state index is 10.7. The summed E-state index contributed by atoms with van der Waals surface area (Å²) in [6, 6.07) is 0. The molecule has 1 fully saturated rings. The van der Waals surface area contributed by atoms with Crippen molar-refractivity contribution in [3.05, 3.63) is 34.1 Å². The quantitative estimate of drug-likeness (QED) is 0.710. The van der Waals surface area contributed by atoms with E-state index in [4.69, 9.17) is 4.74 Å². The minimum absolute atomic E-state index is 0.0406. The second-order valence-electron chi connectivity index (χ2n) is 8.76. The van der Waals surface area contributed by atoms with Gasteiger partial charge in [0.25, 0.3) is 0 Å². The average molecular weight is 328 g/mol. The highest BCUT2D eigenvalue weighted by atomic mass is 16.5. The van der Waals surface area contributed by atoms with Crippen LogP contribution in [0.4, 0.5) is 0 Å². The van der Waals surface area contributed by atoms with Gasteiger partial charge in [0.2, 0.25) is 0 Å². The molecule has 0 saturated heterocycles. The van der Waals surface area contributed by atoms with Crippen LogP contribution in [0.1, 0.15) is 65.7 Å². The van der Waals surface area contributed by atoms with Gasteiger partial charge in [0, 0.05) is 11.8 Å². The summed E-state index contributed by atoms with van der Waals surface area (Å²) in [5, 5.41) is 10.7. The molecule has 0 bridgehead atoms. The number of aliphatic hydroxyl groups is 1. The van der Waals surface area contributed by atoms with E-state index in [1.54, 1.807) is 23.8 Å². The van der Waals surface area contributed by atoms with Crippen molar-refractivity contribution >= 4 is 0 Å². The monoisotopic (exact) mass is 328 g/mol. The van der Waals surface area contributed by atoms with Crippen molar-refractivity contribution in [3.63, 3.8) is 0 Å². The third-order valence-corrected chi connectivity index (χ3v) is 7.69. The van der Waals surface area contributed by atoms with Crippen LogP contribution in [0.3, 0.4) is 0 Å². The third-order valence-electron chi connectivity index (χ3n) is 7.69. The standard InChI is InChI=1S/C22H32O2/c1-5-14-11-15-12-16(24-4)6-7-17(15)18-8-9-22(3)19(23)10-13(2)21(22)20(14)18/h6,14,18-20,23H,5,7-12H2,1-4H3/t14-,18-,19+,20-,22-/m1/s1. The summed E-state index contributed by atoms with van der Waals surface area (Å²) in [7, 11) is 1.81. The highest BCUT2D eigenvalue weighted by Crippen LogP contribution is 2.62. The van der Waals surface area contributed by atoms with Gasteiger partial charge in [-0.1, -0.05) is 42.6 Å². The molecule has 0 aromatic carbocycles. The van der Waals surface area contributed by atoms with Crippen molar-refractivity contribution in [3.8, 4) is 0 Å². The molecule has 4 aliphatic carbocycles. The summed E-state index contributed by atoms with van der Waals surface area (Å²) in [5.74, 6) is 3.27. The Labute approximate surface area is 146 Å². The summed E-state index contributed by atoms with van der Waals surface area (Å²) in [4.78, 5) is 0. The smallest absolute Gasteiger partial charge is 0.0959 e. The van der Waals surface area contributed by atoms with E-state index in [2.05, 4.69) is 26.8 Å². The van der Waals surface area contributed by atoms with Crippen LogP contribution < -0.4 is 0 Å². The number of allylic oxidation sites excluding steroid dienone is 3. The zero-order valence-corrected chi connectivity index (χ0v) is 15.7. The molecule has 0 aromatic heterocycles. The number of methoxy groups -OCH3 is 1. The summed E-state index contributed by atoms with van der Waals surface area (Å²) in [6.07, 6.45) is 10.0. The molecular formula is C22H32O2. The fraction of sp³-hybridized carbons (Fsp3) is 0.727. The Hall–Kier alpha value is -1.02. The third kappa shape index (κ3) is 2.18. The predicted molar refractivity (Wildman–Crippen MR) is 97.4 cm³/mol. The average Bonchev–Trinajstić information content (AvgIpc) is 2.82. The van der Waals surface area contributed by atoms with Crippen molar-refractivity contribution in [2.24, 2.45) is 23.2 Å². The van der Waals surface area contributed by atoms with Crippen LogP contribution >= 0.6 is 0 Å². The van der Waals surface area contributed by atoms with Crippen LogP contribution in [-0.2, 0) is 4.74 Å². The topological polar surface area (TPSA) is 29.5 Å². The lowest BCUT2D eigenvalue weighted by Crippen LogP contribution is -2.44. The lowest BCUT2D eigenvalue weighted by atomic mass is 9.53. The molecule has 0 amide bonds. The molecule has 0 unspecified atom stereocenters. The molecule has 2 nitrogen and oxygen atoms in total. The summed E-state index contributed by atoms with van der Waals surface area (Å²) >= 11 is 0. The fourth-order valence-electron chi connectivity index (χ4n) is 6.43. The zero-order chi connectivity index (χ0) is 17.1. The molecule has 132 valence electrons. The Bertz CT molecular complexity index is 638. The summed E-state index contributed by atoms with van der Waals surface area (Å²) in [5.41, 5.74) is 6.56. The molecule has 1 N–H and O–H groups in total. The van der Waals surface area contributed by atoms with Crippen molar-refractivity contribution in [2.45, 2.75) is 71.8 Å². The van der Waals surface area contributed by atoms with Gasteiger partial charge in [-0.05, 0) is 62.9 Å². The zero-order valence-electron chi connectivity index (χ0n) is 15.7. The first-order valence-corrected chi connectivity index (χ1v) is 9.81. The minimum Gasteiger partial charge on any atom is -0.501 e. The minimum atomic E-state index is -0.160. The number of ether oxygens (including phenoxy) is 1. The van der Waals surface area contributed by atoms with Gasteiger partial charge in [-0.15, -0.1) is 0 Å². The molecule has 4 aliphatic rings. The Balaban J connectivity index is 1.75. The Morgan fingerprint density at radius 2 is 2.12 bits per heavy atom. The Morgan fingerprint density at radius 1 is 1.33 bits per heavy atom. The van der Waals surface area contributed by atoms with Crippen LogP contribution in [0, 0.1) is 23.2 Å².